The van der Waals surface area contributed by atoms with Crippen LogP contribution in [0.5, 0.6) is 5.75 Å². The lowest BCUT2D eigenvalue weighted by Gasteiger charge is -2.20. The number of carbonyl (C=O) groups is 2. The third-order valence-corrected chi connectivity index (χ3v) is 3.88. The molecule has 2 aromatic carbocycles. The van der Waals surface area contributed by atoms with Crippen LogP contribution in [0, 0.1) is 0 Å². The molecule has 2 rings (SSSR count). The van der Waals surface area contributed by atoms with E-state index in [9.17, 15) is 9.59 Å². The Bertz CT molecular complexity index is 759. The molecule has 1 atom stereocenters. The van der Waals surface area contributed by atoms with Crippen LogP contribution in [0.15, 0.2) is 48.5 Å². The number of amides is 2. The second kappa shape index (κ2) is 8.04. The lowest BCUT2D eigenvalue weighted by Crippen LogP contribution is -2.30. The summed E-state index contributed by atoms with van der Waals surface area (Å²) in [5.41, 5.74) is 2.60. The molecule has 0 aromatic heterocycles. The van der Waals surface area contributed by atoms with Gasteiger partial charge in [-0.1, -0.05) is 32.9 Å². The molecular formula is C21H26N2O3. The number of benzene rings is 2. The maximum atomic E-state index is 12.3. The van der Waals surface area contributed by atoms with Crippen LogP contribution in [0.2, 0.25) is 0 Å². The van der Waals surface area contributed by atoms with Gasteiger partial charge in [-0.2, -0.15) is 0 Å². The molecular weight excluding hydrogens is 328 g/mol. The summed E-state index contributed by atoms with van der Waals surface area (Å²) in [7, 11) is 0. The molecule has 0 bridgehead atoms. The van der Waals surface area contributed by atoms with Gasteiger partial charge in [0.25, 0.3) is 5.91 Å². The third kappa shape index (κ3) is 5.62. The van der Waals surface area contributed by atoms with Crippen molar-refractivity contribution in [2.75, 3.05) is 10.6 Å². The minimum absolute atomic E-state index is 0.0743. The fourth-order valence-electron chi connectivity index (χ4n) is 2.38. The van der Waals surface area contributed by atoms with Crippen molar-refractivity contribution in [3.8, 4) is 5.75 Å². The molecule has 26 heavy (non-hydrogen) atoms. The van der Waals surface area contributed by atoms with E-state index in [1.807, 2.05) is 24.3 Å². The maximum Gasteiger partial charge on any atom is 0.265 e. The Morgan fingerprint density at radius 1 is 0.885 bits per heavy atom. The van der Waals surface area contributed by atoms with Gasteiger partial charge in [0.15, 0.2) is 6.10 Å². The van der Waals surface area contributed by atoms with Crippen molar-refractivity contribution < 1.29 is 14.3 Å². The second-order valence-corrected chi connectivity index (χ2v) is 7.28. The molecule has 0 radical (unpaired) electrons. The van der Waals surface area contributed by atoms with E-state index >= 15 is 0 Å². The zero-order chi connectivity index (χ0) is 19.3. The highest BCUT2D eigenvalue weighted by Crippen LogP contribution is 2.24. The predicted molar refractivity (Wildman–Crippen MR) is 105 cm³/mol. The summed E-state index contributed by atoms with van der Waals surface area (Å²) < 4.78 is 5.72. The standard InChI is InChI=1S/C21H26N2O3/c1-14(26-19-12-6-16(7-13-19)21(3,4)5)20(25)23-18-10-8-17(9-11-18)22-15(2)24/h6-14H,1-5H3,(H,22,24)(H,23,25)/t14-/m0/s1. The SMILES string of the molecule is CC(=O)Nc1ccc(NC(=O)[C@H](C)Oc2ccc(C(C)(C)C)cc2)cc1. The van der Waals surface area contributed by atoms with Crippen LogP contribution in [-0.4, -0.2) is 17.9 Å². The first-order valence-electron chi connectivity index (χ1n) is 8.61. The molecule has 0 spiro atoms. The van der Waals surface area contributed by atoms with Crippen LogP contribution in [0.25, 0.3) is 0 Å². The Hall–Kier alpha value is -2.82. The Balaban J connectivity index is 1.94. The van der Waals surface area contributed by atoms with Crippen molar-refractivity contribution >= 4 is 23.2 Å². The van der Waals surface area contributed by atoms with Gasteiger partial charge in [-0.15, -0.1) is 0 Å². The fourth-order valence-corrected chi connectivity index (χ4v) is 2.38. The largest absolute Gasteiger partial charge is 0.481 e. The van der Waals surface area contributed by atoms with Gasteiger partial charge in [0.2, 0.25) is 5.91 Å². The zero-order valence-corrected chi connectivity index (χ0v) is 15.9. The molecule has 0 fully saturated rings. The topological polar surface area (TPSA) is 67.4 Å². The molecule has 5 heteroatoms. The number of ether oxygens (including phenoxy) is 1. The van der Waals surface area contributed by atoms with Crippen molar-refractivity contribution in [3.05, 3.63) is 54.1 Å². The normalized spacial score (nSPS) is 12.2. The van der Waals surface area contributed by atoms with Crippen molar-refractivity contribution in [1.29, 1.82) is 0 Å². The van der Waals surface area contributed by atoms with Crippen LogP contribution in [0.3, 0.4) is 0 Å². The number of rotatable bonds is 5. The van der Waals surface area contributed by atoms with E-state index < -0.39 is 6.10 Å². The van der Waals surface area contributed by atoms with Crippen LogP contribution in [-0.2, 0) is 15.0 Å². The van der Waals surface area contributed by atoms with E-state index in [4.69, 9.17) is 4.74 Å². The van der Waals surface area contributed by atoms with E-state index in [0.29, 0.717) is 17.1 Å². The van der Waals surface area contributed by atoms with Gasteiger partial charge < -0.3 is 15.4 Å². The van der Waals surface area contributed by atoms with Crippen molar-refractivity contribution in [3.63, 3.8) is 0 Å². The van der Waals surface area contributed by atoms with Crippen molar-refractivity contribution in [1.82, 2.24) is 0 Å². The molecule has 0 aliphatic rings. The number of nitrogens with one attached hydrogen (secondary N) is 2. The summed E-state index contributed by atoms with van der Waals surface area (Å²) in [6.07, 6.45) is -0.634. The monoisotopic (exact) mass is 354 g/mol. The van der Waals surface area contributed by atoms with E-state index in [1.54, 1.807) is 31.2 Å². The van der Waals surface area contributed by atoms with Gasteiger partial charge in [0.05, 0.1) is 0 Å². The molecule has 0 heterocycles. The lowest BCUT2D eigenvalue weighted by atomic mass is 9.87. The van der Waals surface area contributed by atoms with Gasteiger partial charge in [0.1, 0.15) is 5.75 Å². The Kier molecular flexibility index (Phi) is 6.03. The summed E-state index contributed by atoms with van der Waals surface area (Å²) in [6.45, 7) is 9.60. The summed E-state index contributed by atoms with van der Waals surface area (Å²) in [6, 6.07) is 14.7. The number of anilines is 2. The van der Waals surface area contributed by atoms with Crippen molar-refractivity contribution in [2.24, 2.45) is 0 Å². The van der Waals surface area contributed by atoms with Gasteiger partial charge in [0, 0.05) is 18.3 Å². The molecule has 0 aliphatic heterocycles. The second-order valence-electron chi connectivity index (χ2n) is 7.28. The molecule has 5 nitrogen and oxygen atoms in total. The molecule has 2 amide bonds. The number of hydrogen-bond acceptors (Lipinski definition) is 3. The minimum Gasteiger partial charge on any atom is -0.481 e. The molecule has 2 N–H and O–H groups in total. The highest BCUT2D eigenvalue weighted by Gasteiger charge is 2.16. The highest BCUT2D eigenvalue weighted by molar-refractivity contribution is 5.94. The van der Waals surface area contributed by atoms with E-state index in [2.05, 4.69) is 31.4 Å². The molecule has 138 valence electrons. The summed E-state index contributed by atoms with van der Waals surface area (Å²) in [4.78, 5) is 23.3. The van der Waals surface area contributed by atoms with Gasteiger partial charge in [-0.05, 0) is 54.3 Å². The van der Waals surface area contributed by atoms with E-state index in [-0.39, 0.29) is 17.2 Å². The van der Waals surface area contributed by atoms with Gasteiger partial charge >= 0.3 is 0 Å². The predicted octanol–water partition coefficient (Wildman–Crippen LogP) is 4.35. The molecule has 0 saturated heterocycles. The number of carbonyl (C=O) groups excluding carboxylic acids is 2. The first-order chi connectivity index (χ1) is 12.1. The summed E-state index contributed by atoms with van der Waals surface area (Å²) in [5, 5.41) is 5.48. The third-order valence-electron chi connectivity index (χ3n) is 3.88. The Labute approximate surface area is 154 Å². The first-order valence-corrected chi connectivity index (χ1v) is 8.61. The molecule has 0 unspecified atom stereocenters. The van der Waals surface area contributed by atoms with Crippen LogP contribution >= 0.6 is 0 Å². The molecule has 2 aromatic rings. The average molecular weight is 354 g/mol. The summed E-state index contributed by atoms with van der Waals surface area (Å²) in [5.74, 6) is 0.278. The van der Waals surface area contributed by atoms with E-state index in [0.717, 1.165) is 0 Å². The Morgan fingerprint density at radius 3 is 1.85 bits per heavy atom. The Morgan fingerprint density at radius 2 is 1.38 bits per heavy atom. The smallest absolute Gasteiger partial charge is 0.265 e. The fraction of sp³-hybridized carbons (Fsp3) is 0.333. The van der Waals surface area contributed by atoms with Crippen LogP contribution in [0.1, 0.15) is 40.2 Å². The number of hydrogen-bond donors (Lipinski definition) is 2. The summed E-state index contributed by atoms with van der Waals surface area (Å²) >= 11 is 0. The minimum atomic E-state index is -0.634. The van der Waals surface area contributed by atoms with Crippen LogP contribution in [0.4, 0.5) is 11.4 Å². The molecule has 0 saturated carbocycles. The quantitative estimate of drug-likeness (QED) is 0.839. The van der Waals surface area contributed by atoms with Gasteiger partial charge in [-0.3, -0.25) is 9.59 Å². The first kappa shape index (κ1) is 19.5. The van der Waals surface area contributed by atoms with Gasteiger partial charge in [-0.25, -0.2) is 0 Å². The van der Waals surface area contributed by atoms with E-state index in [1.165, 1.54) is 12.5 Å². The zero-order valence-electron chi connectivity index (χ0n) is 15.9. The highest BCUT2D eigenvalue weighted by atomic mass is 16.5. The average Bonchev–Trinajstić information content (AvgIpc) is 2.55. The maximum absolute atomic E-state index is 12.3. The molecule has 0 aliphatic carbocycles. The van der Waals surface area contributed by atoms with Crippen molar-refractivity contribution in [2.45, 2.75) is 46.1 Å². The lowest BCUT2D eigenvalue weighted by molar-refractivity contribution is -0.122. The van der Waals surface area contributed by atoms with Crippen LogP contribution < -0.4 is 15.4 Å².